The van der Waals surface area contributed by atoms with Gasteiger partial charge in [0.15, 0.2) is 6.10 Å². The third-order valence-corrected chi connectivity index (χ3v) is 2.75. The van der Waals surface area contributed by atoms with Crippen LogP contribution in [0, 0.1) is 0 Å². The van der Waals surface area contributed by atoms with Crippen LogP contribution in [0.25, 0.3) is 0 Å². The normalized spacial score (nSPS) is 21.5. The molecule has 15 heavy (non-hydrogen) atoms. The zero-order valence-electron chi connectivity index (χ0n) is 9.31. The average molecular weight is 216 g/mol. The number of amides is 1. The number of likely N-dealkylation sites (tertiary alicyclic amines) is 1. The Labute approximate surface area is 89.9 Å². The molecule has 0 aliphatic carbocycles. The quantitative estimate of drug-likeness (QED) is 0.556. The molecule has 1 fully saturated rings. The molecule has 0 unspecified atom stereocenters. The van der Waals surface area contributed by atoms with Crippen molar-refractivity contribution < 1.29 is 15.0 Å². The molecule has 5 heteroatoms. The van der Waals surface area contributed by atoms with Crippen LogP contribution < -0.4 is 5.73 Å². The van der Waals surface area contributed by atoms with Crippen LogP contribution in [0.5, 0.6) is 0 Å². The number of carbonyl (C=O) groups is 1. The summed E-state index contributed by atoms with van der Waals surface area (Å²) < 4.78 is 0. The van der Waals surface area contributed by atoms with Crippen molar-refractivity contribution in [3.8, 4) is 0 Å². The van der Waals surface area contributed by atoms with Crippen LogP contribution in [0.2, 0.25) is 0 Å². The summed E-state index contributed by atoms with van der Waals surface area (Å²) in [5, 5.41) is 19.1. The largest absolute Gasteiger partial charge is 0.387 e. The van der Waals surface area contributed by atoms with Gasteiger partial charge in [0.25, 0.3) is 5.91 Å². The van der Waals surface area contributed by atoms with Crippen molar-refractivity contribution in [2.75, 3.05) is 13.1 Å². The van der Waals surface area contributed by atoms with Gasteiger partial charge in [-0.3, -0.25) is 4.79 Å². The van der Waals surface area contributed by atoms with E-state index in [1.165, 1.54) is 13.8 Å². The van der Waals surface area contributed by atoms with Crippen LogP contribution >= 0.6 is 0 Å². The number of aliphatic hydroxyl groups excluding tert-OH is 1. The first-order valence-electron chi connectivity index (χ1n) is 5.27. The molecule has 5 nitrogen and oxygen atoms in total. The van der Waals surface area contributed by atoms with Crippen molar-refractivity contribution >= 4 is 5.91 Å². The summed E-state index contributed by atoms with van der Waals surface area (Å²) in [6.45, 7) is 3.97. The number of nitrogens with zero attached hydrogens (tertiary/aromatic N) is 1. The van der Waals surface area contributed by atoms with Crippen LogP contribution in [-0.2, 0) is 4.79 Å². The lowest BCUT2D eigenvalue weighted by Gasteiger charge is -2.34. The zero-order chi connectivity index (χ0) is 11.6. The van der Waals surface area contributed by atoms with Crippen molar-refractivity contribution in [1.29, 1.82) is 0 Å². The lowest BCUT2D eigenvalue weighted by atomic mass is 9.99. The molecule has 4 N–H and O–H groups in total. The number of nitrogens with two attached hydrogens (primary N) is 1. The lowest BCUT2D eigenvalue weighted by molar-refractivity contribution is -0.153. The van der Waals surface area contributed by atoms with Crippen LogP contribution in [0.15, 0.2) is 0 Å². The third-order valence-electron chi connectivity index (χ3n) is 2.75. The molecule has 0 aromatic carbocycles. The van der Waals surface area contributed by atoms with Gasteiger partial charge in [-0.25, -0.2) is 0 Å². The molecular weight excluding hydrogens is 196 g/mol. The second-order valence-corrected chi connectivity index (χ2v) is 4.72. The van der Waals surface area contributed by atoms with Gasteiger partial charge in [-0.2, -0.15) is 0 Å². The minimum absolute atomic E-state index is 0.147. The van der Waals surface area contributed by atoms with Crippen LogP contribution in [0.4, 0.5) is 0 Å². The predicted molar refractivity (Wildman–Crippen MR) is 56.1 cm³/mol. The average Bonchev–Trinajstić information content (AvgIpc) is 2.15. The molecule has 88 valence electrons. The summed E-state index contributed by atoms with van der Waals surface area (Å²) in [5.74, 6) is -0.408. The Morgan fingerprint density at radius 1 is 1.47 bits per heavy atom. The molecule has 1 aliphatic heterocycles. The number of hydrogen-bond donors (Lipinski definition) is 3. The molecule has 1 heterocycles. The van der Waals surface area contributed by atoms with Crippen molar-refractivity contribution in [2.45, 2.75) is 44.4 Å². The van der Waals surface area contributed by atoms with Crippen LogP contribution in [0.1, 0.15) is 26.7 Å². The summed E-state index contributed by atoms with van der Waals surface area (Å²) in [4.78, 5) is 13.3. The second-order valence-electron chi connectivity index (χ2n) is 4.72. The molecule has 1 rings (SSSR count). The second kappa shape index (κ2) is 4.47. The van der Waals surface area contributed by atoms with E-state index in [0.717, 1.165) is 12.8 Å². The predicted octanol–water partition coefficient (Wildman–Crippen LogP) is -0.932. The highest BCUT2D eigenvalue weighted by Gasteiger charge is 2.35. The summed E-state index contributed by atoms with van der Waals surface area (Å²) >= 11 is 0. The van der Waals surface area contributed by atoms with E-state index >= 15 is 0 Å². The van der Waals surface area contributed by atoms with E-state index in [0.29, 0.717) is 13.1 Å². The van der Waals surface area contributed by atoms with E-state index in [2.05, 4.69) is 0 Å². The Morgan fingerprint density at radius 3 is 2.33 bits per heavy atom. The lowest BCUT2D eigenvalue weighted by Crippen LogP contribution is -2.52. The first kappa shape index (κ1) is 12.4. The maximum absolute atomic E-state index is 11.7. The van der Waals surface area contributed by atoms with Crippen molar-refractivity contribution in [1.82, 2.24) is 4.90 Å². The van der Waals surface area contributed by atoms with E-state index < -0.39 is 17.6 Å². The Morgan fingerprint density at radius 2 is 1.93 bits per heavy atom. The fourth-order valence-electron chi connectivity index (χ4n) is 1.59. The smallest absolute Gasteiger partial charge is 0.254 e. The van der Waals surface area contributed by atoms with E-state index in [-0.39, 0.29) is 6.04 Å². The SMILES string of the molecule is CC(C)(O)[C@@H](O)C(=O)N1CCC(N)CC1. The zero-order valence-corrected chi connectivity index (χ0v) is 9.31. The molecule has 1 aliphatic rings. The van der Waals surface area contributed by atoms with Crippen molar-refractivity contribution in [3.05, 3.63) is 0 Å². The molecule has 1 amide bonds. The Hall–Kier alpha value is -0.650. The number of hydrogen-bond acceptors (Lipinski definition) is 4. The van der Waals surface area contributed by atoms with Gasteiger partial charge in [0.05, 0.1) is 5.60 Å². The molecule has 0 bridgehead atoms. The molecule has 0 aromatic heterocycles. The maximum Gasteiger partial charge on any atom is 0.254 e. The highest BCUT2D eigenvalue weighted by molar-refractivity contribution is 5.82. The number of rotatable bonds is 2. The summed E-state index contributed by atoms with van der Waals surface area (Å²) in [6, 6.07) is 0.147. The van der Waals surface area contributed by atoms with Crippen LogP contribution in [0.3, 0.4) is 0 Å². The van der Waals surface area contributed by atoms with E-state index in [1.54, 1.807) is 4.90 Å². The molecule has 1 saturated heterocycles. The molecule has 0 radical (unpaired) electrons. The summed E-state index contributed by atoms with van der Waals surface area (Å²) in [5.41, 5.74) is 4.32. The summed E-state index contributed by atoms with van der Waals surface area (Å²) in [7, 11) is 0. The molecule has 0 aromatic rings. The van der Waals surface area contributed by atoms with Crippen LogP contribution in [-0.4, -0.2) is 51.9 Å². The molecule has 0 saturated carbocycles. The molecular formula is C10H20N2O3. The van der Waals surface area contributed by atoms with Gasteiger partial charge in [-0.15, -0.1) is 0 Å². The topological polar surface area (TPSA) is 86.8 Å². The number of piperidine rings is 1. The monoisotopic (exact) mass is 216 g/mol. The highest BCUT2D eigenvalue weighted by Crippen LogP contribution is 2.15. The highest BCUT2D eigenvalue weighted by atomic mass is 16.3. The van der Waals surface area contributed by atoms with E-state index in [9.17, 15) is 15.0 Å². The van der Waals surface area contributed by atoms with E-state index in [1.807, 2.05) is 0 Å². The van der Waals surface area contributed by atoms with Gasteiger partial charge in [-0.05, 0) is 26.7 Å². The van der Waals surface area contributed by atoms with Gasteiger partial charge in [0.1, 0.15) is 0 Å². The Balaban J connectivity index is 2.54. The van der Waals surface area contributed by atoms with Crippen molar-refractivity contribution in [2.24, 2.45) is 5.73 Å². The Bertz CT molecular complexity index is 229. The van der Waals surface area contributed by atoms with Gasteiger partial charge in [-0.1, -0.05) is 0 Å². The van der Waals surface area contributed by atoms with Gasteiger partial charge in [0.2, 0.25) is 0 Å². The minimum Gasteiger partial charge on any atom is -0.387 e. The fourth-order valence-corrected chi connectivity index (χ4v) is 1.59. The maximum atomic E-state index is 11.7. The van der Waals surface area contributed by atoms with Gasteiger partial charge >= 0.3 is 0 Å². The Kier molecular flexibility index (Phi) is 3.70. The minimum atomic E-state index is -1.39. The third kappa shape index (κ3) is 3.15. The number of aliphatic hydroxyl groups is 2. The first-order chi connectivity index (χ1) is 6.82. The van der Waals surface area contributed by atoms with E-state index in [4.69, 9.17) is 5.73 Å². The standard InChI is InChI=1S/C10H20N2O3/c1-10(2,15)8(13)9(14)12-5-3-7(11)4-6-12/h7-8,13,15H,3-6,11H2,1-2H3/t8-/m0/s1. The molecule has 0 spiro atoms. The number of carbonyl (C=O) groups excluding carboxylic acids is 1. The first-order valence-corrected chi connectivity index (χ1v) is 5.27. The fraction of sp³-hybridized carbons (Fsp3) is 0.900. The molecule has 1 atom stereocenters. The van der Waals surface area contributed by atoms with Gasteiger partial charge in [0, 0.05) is 19.1 Å². The van der Waals surface area contributed by atoms with Crippen molar-refractivity contribution in [3.63, 3.8) is 0 Å². The van der Waals surface area contributed by atoms with Gasteiger partial charge < -0.3 is 20.8 Å². The summed E-state index contributed by atoms with van der Waals surface area (Å²) in [6.07, 6.45) is 0.154.